The number of ether oxygens (including phenoxy) is 1. The second kappa shape index (κ2) is 6.89. The van der Waals surface area contributed by atoms with Crippen molar-refractivity contribution in [2.45, 2.75) is 18.4 Å². The number of likely N-dealkylation sites (tertiary alicyclic amines) is 1. The predicted molar refractivity (Wildman–Crippen MR) is 91.7 cm³/mol. The summed E-state index contributed by atoms with van der Waals surface area (Å²) in [6.45, 7) is 1.07. The van der Waals surface area contributed by atoms with Gasteiger partial charge in [0.15, 0.2) is 0 Å². The van der Waals surface area contributed by atoms with E-state index in [1.807, 2.05) is 4.90 Å². The maximum atomic E-state index is 12.4. The van der Waals surface area contributed by atoms with Crippen molar-refractivity contribution in [3.8, 4) is 5.75 Å². The molecule has 1 aromatic carbocycles. The van der Waals surface area contributed by atoms with Gasteiger partial charge in [-0.05, 0) is 37.6 Å². The van der Waals surface area contributed by atoms with E-state index >= 15 is 0 Å². The van der Waals surface area contributed by atoms with E-state index in [0.29, 0.717) is 42.4 Å². The van der Waals surface area contributed by atoms with Gasteiger partial charge in [-0.25, -0.2) is 4.79 Å². The van der Waals surface area contributed by atoms with Gasteiger partial charge >= 0.3 is 6.03 Å². The number of amides is 4. The van der Waals surface area contributed by atoms with Crippen molar-refractivity contribution in [3.05, 3.63) is 23.2 Å². The Morgan fingerprint density at radius 3 is 2.92 bits per heavy atom. The molecule has 0 saturated carbocycles. The Bertz CT molecular complexity index is 726. The van der Waals surface area contributed by atoms with Crippen molar-refractivity contribution in [2.75, 3.05) is 32.1 Å². The molecule has 0 aromatic heterocycles. The molecule has 2 heterocycles. The molecule has 2 saturated heterocycles. The van der Waals surface area contributed by atoms with E-state index < -0.39 is 11.6 Å². The number of nitrogens with zero attached hydrogens (tertiary/aromatic N) is 1. The van der Waals surface area contributed by atoms with Gasteiger partial charge in [0.1, 0.15) is 11.3 Å². The fraction of sp³-hybridized carbons (Fsp3) is 0.438. The minimum absolute atomic E-state index is 0.0978. The Labute approximate surface area is 149 Å². The molecule has 1 aromatic rings. The zero-order chi connectivity index (χ0) is 18.0. The molecule has 8 nitrogen and oxygen atoms in total. The van der Waals surface area contributed by atoms with Crippen LogP contribution in [0.3, 0.4) is 0 Å². The summed E-state index contributed by atoms with van der Waals surface area (Å²) in [6.07, 6.45) is 1.27. The summed E-state index contributed by atoms with van der Waals surface area (Å²) in [5, 5.41) is 8.21. The Morgan fingerprint density at radius 1 is 1.44 bits per heavy atom. The number of piperidine rings is 1. The first-order valence-electron chi connectivity index (χ1n) is 7.91. The van der Waals surface area contributed by atoms with Crippen LogP contribution in [0, 0.1) is 0 Å². The Hall–Kier alpha value is -2.32. The molecule has 0 radical (unpaired) electrons. The molecule has 0 bridgehead atoms. The summed E-state index contributed by atoms with van der Waals surface area (Å²) >= 11 is 5.96. The zero-order valence-corrected chi connectivity index (χ0v) is 14.5. The smallest absolute Gasteiger partial charge is 0.322 e. The zero-order valence-electron chi connectivity index (χ0n) is 13.7. The van der Waals surface area contributed by atoms with Crippen LogP contribution < -0.4 is 20.7 Å². The molecule has 25 heavy (non-hydrogen) atoms. The Kier molecular flexibility index (Phi) is 4.82. The summed E-state index contributed by atoms with van der Waals surface area (Å²) in [5.41, 5.74) is -0.456. The van der Waals surface area contributed by atoms with Gasteiger partial charge in [0.2, 0.25) is 5.91 Å². The van der Waals surface area contributed by atoms with E-state index in [-0.39, 0.29) is 18.4 Å². The Balaban J connectivity index is 1.64. The molecular weight excluding hydrogens is 348 g/mol. The van der Waals surface area contributed by atoms with Crippen LogP contribution in [0.25, 0.3) is 0 Å². The SMILES string of the molecule is COc1ccc(Cl)cc1NC(=O)CN1CCC[C@]2(C1)NC(=O)NC2=O. The lowest BCUT2D eigenvalue weighted by molar-refractivity contribution is -0.127. The summed E-state index contributed by atoms with van der Waals surface area (Å²) in [5.74, 6) is -0.0724. The van der Waals surface area contributed by atoms with E-state index in [1.165, 1.54) is 7.11 Å². The maximum absolute atomic E-state index is 12.4. The first-order chi connectivity index (χ1) is 11.9. The second-order valence-corrected chi connectivity index (χ2v) is 6.63. The van der Waals surface area contributed by atoms with E-state index in [1.54, 1.807) is 18.2 Å². The highest BCUT2D eigenvalue weighted by Gasteiger charge is 2.48. The number of halogens is 1. The summed E-state index contributed by atoms with van der Waals surface area (Å²) < 4.78 is 5.21. The van der Waals surface area contributed by atoms with Crippen LogP contribution in [0.1, 0.15) is 12.8 Å². The van der Waals surface area contributed by atoms with Crippen LogP contribution in [-0.2, 0) is 9.59 Å². The monoisotopic (exact) mass is 366 g/mol. The van der Waals surface area contributed by atoms with Gasteiger partial charge in [0.05, 0.1) is 19.3 Å². The lowest BCUT2D eigenvalue weighted by atomic mass is 9.89. The van der Waals surface area contributed by atoms with Crippen molar-refractivity contribution in [1.82, 2.24) is 15.5 Å². The number of rotatable bonds is 4. The molecule has 0 unspecified atom stereocenters. The van der Waals surface area contributed by atoms with Gasteiger partial charge in [0, 0.05) is 11.6 Å². The molecule has 2 aliphatic heterocycles. The number of urea groups is 1. The van der Waals surface area contributed by atoms with Crippen molar-refractivity contribution in [2.24, 2.45) is 0 Å². The average Bonchev–Trinajstić information content (AvgIpc) is 2.80. The minimum Gasteiger partial charge on any atom is -0.495 e. The van der Waals surface area contributed by atoms with Crippen molar-refractivity contribution in [3.63, 3.8) is 0 Å². The fourth-order valence-corrected chi connectivity index (χ4v) is 3.44. The molecule has 3 rings (SSSR count). The van der Waals surface area contributed by atoms with Crippen molar-refractivity contribution >= 4 is 35.1 Å². The number of carbonyl (C=O) groups is 3. The largest absolute Gasteiger partial charge is 0.495 e. The molecule has 1 atom stereocenters. The highest BCUT2D eigenvalue weighted by molar-refractivity contribution is 6.31. The lowest BCUT2D eigenvalue weighted by Crippen LogP contribution is -2.59. The molecule has 0 aliphatic carbocycles. The summed E-state index contributed by atoms with van der Waals surface area (Å²) in [4.78, 5) is 37.7. The molecule has 4 amide bonds. The fourth-order valence-electron chi connectivity index (χ4n) is 3.27. The molecular formula is C16H19ClN4O4. The van der Waals surface area contributed by atoms with Gasteiger partial charge < -0.3 is 15.4 Å². The highest BCUT2D eigenvalue weighted by atomic mass is 35.5. The first-order valence-corrected chi connectivity index (χ1v) is 8.29. The third-order valence-electron chi connectivity index (χ3n) is 4.39. The van der Waals surface area contributed by atoms with E-state index in [2.05, 4.69) is 16.0 Å². The normalized spacial score (nSPS) is 23.3. The predicted octanol–water partition coefficient (Wildman–Crippen LogP) is 0.961. The number of nitrogens with one attached hydrogen (secondary N) is 3. The first kappa shape index (κ1) is 17.5. The quantitative estimate of drug-likeness (QED) is 0.689. The molecule has 3 N–H and O–H groups in total. The molecule has 1 spiro atoms. The molecule has 2 fully saturated rings. The van der Waals surface area contributed by atoms with Crippen LogP contribution in [0.15, 0.2) is 18.2 Å². The van der Waals surface area contributed by atoms with E-state index in [9.17, 15) is 14.4 Å². The third kappa shape index (κ3) is 3.69. The summed E-state index contributed by atoms with van der Waals surface area (Å²) in [7, 11) is 1.51. The number of anilines is 1. The van der Waals surface area contributed by atoms with E-state index in [4.69, 9.17) is 16.3 Å². The van der Waals surface area contributed by atoms with Crippen LogP contribution in [0.4, 0.5) is 10.5 Å². The number of hydrogen-bond donors (Lipinski definition) is 3. The van der Waals surface area contributed by atoms with Crippen LogP contribution >= 0.6 is 11.6 Å². The Morgan fingerprint density at radius 2 is 2.24 bits per heavy atom. The highest BCUT2D eigenvalue weighted by Crippen LogP contribution is 2.28. The second-order valence-electron chi connectivity index (χ2n) is 6.20. The standard InChI is InChI=1S/C16H19ClN4O4/c1-25-12-4-3-10(17)7-11(12)18-13(22)8-21-6-2-5-16(9-21)14(23)19-15(24)20-16/h3-4,7H,2,5-6,8-9H2,1H3,(H,18,22)(H2,19,20,23,24)/t16-/m1/s1. The number of hydrogen-bond acceptors (Lipinski definition) is 5. The van der Waals surface area contributed by atoms with Crippen LogP contribution in [0.5, 0.6) is 5.75 Å². The number of benzene rings is 1. The van der Waals surface area contributed by atoms with Gasteiger partial charge in [-0.1, -0.05) is 11.6 Å². The average molecular weight is 367 g/mol. The van der Waals surface area contributed by atoms with Gasteiger partial charge in [0.25, 0.3) is 5.91 Å². The van der Waals surface area contributed by atoms with Crippen LogP contribution in [-0.4, -0.2) is 55.0 Å². The van der Waals surface area contributed by atoms with E-state index in [0.717, 1.165) is 0 Å². The third-order valence-corrected chi connectivity index (χ3v) is 4.62. The molecule has 2 aliphatic rings. The van der Waals surface area contributed by atoms with Crippen LogP contribution in [0.2, 0.25) is 5.02 Å². The number of carbonyl (C=O) groups excluding carboxylic acids is 3. The number of methoxy groups -OCH3 is 1. The topological polar surface area (TPSA) is 99.8 Å². The molecule has 9 heteroatoms. The lowest BCUT2D eigenvalue weighted by Gasteiger charge is -2.37. The molecule has 134 valence electrons. The van der Waals surface area contributed by atoms with Gasteiger partial charge in [-0.3, -0.25) is 19.8 Å². The van der Waals surface area contributed by atoms with Gasteiger partial charge in [-0.15, -0.1) is 0 Å². The van der Waals surface area contributed by atoms with Gasteiger partial charge in [-0.2, -0.15) is 0 Å². The maximum Gasteiger partial charge on any atom is 0.322 e. The van der Waals surface area contributed by atoms with Crippen molar-refractivity contribution < 1.29 is 19.1 Å². The minimum atomic E-state index is -0.941. The van der Waals surface area contributed by atoms with Crippen molar-refractivity contribution in [1.29, 1.82) is 0 Å². The summed E-state index contributed by atoms with van der Waals surface area (Å²) in [6, 6.07) is 4.47. The number of imide groups is 1.